The molecule has 6 rings (SSSR count). The molecule has 3 aromatic rings. The average molecular weight is 604 g/mol. The predicted octanol–water partition coefficient (Wildman–Crippen LogP) is 6.48. The number of hydrogen-bond donors (Lipinski definition) is 0. The van der Waals surface area contributed by atoms with E-state index in [-0.39, 0.29) is 18.1 Å². The number of hydrogen-bond acceptors (Lipinski definition) is 8. The Hall–Kier alpha value is -3.56. The molecule has 0 bridgehead atoms. The van der Waals surface area contributed by atoms with Gasteiger partial charge in [-0.15, -0.1) is 0 Å². The van der Waals surface area contributed by atoms with Gasteiger partial charge in [0.05, 0.1) is 31.4 Å². The number of likely N-dealkylation sites (tertiary alicyclic amines) is 1. The Labute approximate surface area is 260 Å². The first-order chi connectivity index (χ1) is 21.0. The van der Waals surface area contributed by atoms with Crippen LogP contribution in [0.2, 0.25) is 0 Å². The molecule has 3 heterocycles. The smallest absolute Gasteiger partial charge is 0.419 e. The van der Waals surface area contributed by atoms with Crippen LogP contribution in [0, 0.1) is 12.3 Å². The van der Waals surface area contributed by atoms with Gasteiger partial charge in [0.1, 0.15) is 11.4 Å². The summed E-state index contributed by atoms with van der Waals surface area (Å²) < 4.78 is 24.0. The summed E-state index contributed by atoms with van der Waals surface area (Å²) in [6.45, 7) is 10.8. The highest BCUT2D eigenvalue weighted by molar-refractivity contribution is 5.95. The molecule has 3 fully saturated rings. The third kappa shape index (κ3) is 5.68. The van der Waals surface area contributed by atoms with Crippen molar-refractivity contribution in [3.05, 3.63) is 58.8 Å². The summed E-state index contributed by atoms with van der Waals surface area (Å²) in [5, 5.41) is 0.991. The lowest BCUT2D eigenvalue weighted by Gasteiger charge is -2.45. The summed E-state index contributed by atoms with van der Waals surface area (Å²) in [6.07, 6.45) is 6.35. The summed E-state index contributed by atoms with van der Waals surface area (Å²) in [7, 11) is 4.88. The van der Waals surface area contributed by atoms with Crippen LogP contribution in [-0.2, 0) is 20.8 Å². The largest absolute Gasteiger partial charge is 0.496 e. The van der Waals surface area contributed by atoms with Gasteiger partial charge < -0.3 is 23.8 Å². The zero-order valence-corrected chi connectivity index (χ0v) is 27.1. The normalized spacial score (nSPS) is 20.1. The van der Waals surface area contributed by atoms with E-state index in [1.807, 2.05) is 52.0 Å². The molecule has 1 aliphatic carbocycles. The van der Waals surface area contributed by atoms with Gasteiger partial charge in [-0.2, -0.15) is 0 Å². The number of aryl methyl sites for hydroxylation is 1. The second-order valence-electron chi connectivity index (χ2n) is 13.8. The van der Waals surface area contributed by atoms with Crippen LogP contribution in [0.4, 0.5) is 10.5 Å². The Morgan fingerprint density at radius 2 is 1.77 bits per heavy atom. The van der Waals surface area contributed by atoms with Crippen molar-refractivity contribution < 1.29 is 28.5 Å². The summed E-state index contributed by atoms with van der Waals surface area (Å²) in [4.78, 5) is 30.6. The molecule has 2 aliphatic heterocycles. The molecule has 1 aromatic heterocycles. The fraction of sp³-hybridized carbons (Fsp3) is 0.543. The number of methoxy groups -OCH3 is 3. The van der Waals surface area contributed by atoms with Crippen LogP contribution in [0.25, 0.3) is 10.9 Å². The average Bonchev–Trinajstić information content (AvgIpc) is 3.55. The van der Waals surface area contributed by atoms with Crippen molar-refractivity contribution in [1.29, 1.82) is 0 Å². The zero-order valence-electron chi connectivity index (χ0n) is 27.1. The molecule has 2 saturated heterocycles. The van der Waals surface area contributed by atoms with Crippen molar-refractivity contribution in [2.24, 2.45) is 5.41 Å². The number of nitrogens with zero attached hydrogens (tertiary/aromatic N) is 3. The highest BCUT2D eigenvalue weighted by Gasteiger charge is 2.49. The minimum atomic E-state index is -0.600. The van der Waals surface area contributed by atoms with Gasteiger partial charge >= 0.3 is 12.1 Å². The minimum Gasteiger partial charge on any atom is -0.496 e. The molecule has 1 spiro atoms. The maximum Gasteiger partial charge on any atom is 0.419 e. The number of carbonyl (C=O) groups excluding carboxylic acids is 2. The lowest BCUT2D eigenvalue weighted by Crippen LogP contribution is -2.52. The SMILES string of the molecule is COC(=O)c1ccc(C2CC3(CCN2Cc2c(OC)cc(C)c4c2ccn4C(=O)OC(C)(C)C)CC3)c(N2CC(OC)C2)c1. The van der Waals surface area contributed by atoms with E-state index in [0.29, 0.717) is 17.5 Å². The number of rotatable bonds is 7. The molecule has 1 saturated carbocycles. The Balaban J connectivity index is 1.40. The number of piperidine rings is 1. The van der Waals surface area contributed by atoms with Gasteiger partial charge in [-0.3, -0.25) is 9.47 Å². The van der Waals surface area contributed by atoms with Crippen molar-refractivity contribution in [3.63, 3.8) is 0 Å². The van der Waals surface area contributed by atoms with Crippen molar-refractivity contribution in [1.82, 2.24) is 9.47 Å². The summed E-state index contributed by atoms with van der Waals surface area (Å²) in [5.41, 5.74) is 5.50. The lowest BCUT2D eigenvalue weighted by molar-refractivity contribution is 0.0542. The van der Waals surface area contributed by atoms with Crippen molar-refractivity contribution in [3.8, 4) is 5.75 Å². The molecule has 3 aliphatic rings. The maximum absolute atomic E-state index is 13.2. The van der Waals surface area contributed by atoms with E-state index in [2.05, 4.69) is 15.9 Å². The number of esters is 1. The number of benzene rings is 2. The Morgan fingerprint density at radius 1 is 1.02 bits per heavy atom. The van der Waals surface area contributed by atoms with E-state index in [9.17, 15) is 9.59 Å². The first-order valence-corrected chi connectivity index (χ1v) is 15.6. The van der Waals surface area contributed by atoms with Crippen LogP contribution in [0.1, 0.15) is 79.5 Å². The Morgan fingerprint density at radius 3 is 2.41 bits per heavy atom. The summed E-state index contributed by atoms with van der Waals surface area (Å²) in [6, 6.07) is 10.2. The van der Waals surface area contributed by atoms with Gasteiger partial charge in [0.15, 0.2) is 0 Å². The van der Waals surface area contributed by atoms with E-state index in [1.165, 1.54) is 25.5 Å². The number of aromatic nitrogens is 1. The van der Waals surface area contributed by atoms with Gasteiger partial charge in [-0.25, -0.2) is 9.59 Å². The molecule has 2 aromatic carbocycles. The summed E-state index contributed by atoms with van der Waals surface area (Å²) in [5.74, 6) is 0.483. The van der Waals surface area contributed by atoms with Crippen LogP contribution in [-0.4, -0.2) is 74.2 Å². The van der Waals surface area contributed by atoms with Crippen LogP contribution in [0.3, 0.4) is 0 Å². The van der Waals surface area contributed by atoms with Crippen LogP contribution < -0.4 is 9.64 Å². The Kier molecular flexibility index (Phi) is 7.91. The fourth-order valence-electron chi connectivity index (χ4n) is 7.01. The molecule has 236 valence electrons. The third-order valence-corrected chi connectivity index (χ3v) is 9.69. The highest BCUT2D eigenvalue weighted by Crippen LogP contribution is 2.59. The van der Waals surface area contributed by atoms with E-state index in [1.54, 1.807) is 25.0 Å². The quantitative estimate of drug-likeness (QED) is 0.284. The predicted molar refractivity (Wildman–Crippen MR) is 170 cm³/mol. The molecule has 0 radical (unpaired) electrons. The van der Waals surface area contributed by atoms with Gasteiger partial charge in [0.25, 0.3) is 0 Å². The molecule has 1 atom stereocenters. The number of ether oxygens (including phenoxy) is 4. The van der Waals surface area contributed by atoms with E-state index in [0.717, 1.165) is 65.9 Å². The Bertz CT molecular complexity index is 1580. The topological polar surface area (TPSA) is 82.5 Å². The molecule has 44 heavy (non-hydrogen) atoms. The highest BCUT2D eigenvalue weighted by atomic mass is 16.6. The van der Waals surface area contributed by atoms with Crippen molar-refractivity contribution in [2.75, 3.05) is 45.9 Å². The van der Waals surface area contributed by atoms with E-state index in [4.69, 9.17) is 18.9 Å². The van der Waals surface area contributed by atoms with Crippen LogP contribution in [0.15, 0.2) is 36.5 Å². The lowest BCUT2D eigenvalue weighted by atomic mass is 9.83. The van der Waals surface area contributed by atoms with Gasteiger partial charge in [-0.1, -0.05) is 6.07 Å². The zero-order chi connectivity index (χ0) is 31.4. The second kappa shape index (κ2) is 11.4. The van der Waals surface area contributed by atoms with Crippen molar-refractivity contribution in [2.45, 2.75) is 77.7 Å². The number of carbonyl (C=O) groups is 2. The maximum atomic E-state index is 13.2. The van der Waals surface area contributed by atoms with Crippen LogP contribution in [0.5, 0.6) is 5.75 Å². The standard InChI is InChI=1S/C35H45N3O6/c1-22-16-30(42-6)27(25-10-14-38(31(22)25)33(40)44-34(2,3)4)21-36-15-13-35(11-12-35)18-29(36)26-9-8-23(32(39)43-7)17-28(26)37-19-24(20-37)41-5/h8-10,14,16-17,24,29H,11-13,15,18-21H2,1-7H3. The molecule has 0 N–H and O–H groups in total. The molecular weight excluding hydrogens is 558 g/mol. The van der Waals surface area contributed by atoms with Crippen molar-refractivity contribution >= 4 is 28.7 Å². The van der Waals surface area contributed by atoms with Gasteiger partial charge in [-0.05, 0) is 101 Å². The first-order valence-electron chi connectivity index (χ1n) is 15.6. The second-order valence-corrected chi connectivity index (χ2v) is 13.8. The van der Waals surface area contributed by atoms with Gasteiger partial charge in [0, 0.05) is 55.6 Å². The van der Waals surface area contributed by atoms with Gasteiger partial charge in [0.2, 0.25) is 0 Å². The van der Waals surface area contributed by atoms with E-state index < -0.39 is 11.7 Å². The van der Waals surface area contributed by atoms with E-state index >= 15 is 0 Å². The fourth-order valence-corrected chi connectivity index (χ4v) is 7.01. The molecule has 0 amide bonds. The number of fused-ring (bicyclic) bond motifs is 1. The summed E-state index contributed by atoms with van der Waals surface area (Å²) >= 11 is 0. The van der Waals surface area contributed by atoms with Crippen LogP contribution >= 0.6 is 0 Å². The number of anilines is 1. The first kappa shape index (κ1) is 30.5. The molecular formula is C35H45N3O6. The third-order valence-electron chi connectivity index (χ3n) is 9.69. The molecule has 1 unspecified atom stereocenters. The minimum absolute atomic E-state index is 0.156. The monoisotopic (exact) mass is 603 g/mol. The molecule has 9 heteroatoms. The molecule has 9 nitrogen and oxygen atoms in total.